The van der Waals surface area contributed by atoms with Crippen molar-refractivity contribution in [2.24, 2.45) is 0 Å². The number of hydroxylamine groups is 1. The number of alkyl halides is 2. The summed E-state index contributed by atoms with van der Waals surface area (Å²) >= 11 is 0. The SMILES string of the molecule is CCCCCCOC(=O)C(F)(F)NO. The predicted octanol–water partition coefficient (Wildman–Crippen LogP) is 1.68. The van der Waals surface area contributed by atoms with Crippen LogP contribution in [0.15, 0.2) is 0 Å². The molecule has 0 bridgehead atoms. The summed E-state index contributed by atoms with van der Waals surface area (Å²) in [6, 6.07) is -4.01. The van der Waals surface area contributed by atoms with E-state index in [0.717, 1.165) is 19.3 Å². The van der Waals surface area contributed by atoms with Crippen molar-refractivity contribution in [3.63, 3.8) is 0 Å². The number of rotatable bonds is 7. The second kappa shape index (κ2) is 6.67. The van der Waals surface area contributed by atoms with Crippen LogP contribution < -0.4 is 5.48 Å². The highest BCUT2D eigenvalue weighted by atomic mass is 19.3. The van der Waals surface area contributed by atoms with Crippen LogP contribution in [0, 0.1) is 0 Å². The fraction of sp³-hybridized carbons (Fsp3) is 0.875. The van der Waals surface area contributed by atoms with Gasteiger partial charge in [0.05, 0.1) is 6.61 Å². The van der Waals surface area contributed by atoms with E-state index in [1.165, 1.54) is 0 Å². The van der Waals surface area contributed by atoms with Crippen LogP contribution in [0.3, 0.4) is 0 Å². The first kappa shape index (κ1) is 13.2. The first-order valence-corrected chi connectivity index (χ1v) is 4.51. The average Bonchev–Trinajstić information content (AvgIpc) is 2.17. The summed E-state index contributed by atoms with van der Waals surface area (Å²) in [5.41, 5.74) is 0.585. The number of ether oxygens (including phenoxy) is 1. The van der Waals surface area contributed by atoms with Crippen LogP contribution in [0.1, 0.15) is 32.6 Å². The molecule has 0 unspecified atom stereocenters. The molecule has 0 aliphatic heterocycles. The maximum Gasteiger partial charge on any atom is 0.420 e. The van der Waals surface area contributed by atoms with Crippen LogP contribution >= 0.6 is 0 Å². The molecule has 0 radical (unpaired) electrons. The van der Waals surface area contributed by atoms with Crippen LogP contribution in [-0.2, 0) is 9.53 Å². The summed E-state index contributed by atoms with van der Waals surface area (Å²) < 4.78 is 28.8. The first-order valence-electron chi connectivity index (χ1n) is 4.51. The Morgan fingerprint density at radius 1 is 1.43 bits per heavy atom. The monoisotopic (exact) mass is 211 g/mol. The highest BCUT2D eigenvalue weighted by molar-refractivity contribution is 5.76. The Morgan fingerprint density at radius 3 is 2.57 bits per heavy atom. The summed E-state index contributed by atoms with van der Waals surface area (Å²) in [7, 11) is 0. The molecule has 0 aliphatic carbocycles. The Balaban J connectivity index is 3.54. The van der Waals surface area contributed by atoms with Crippen LogP contribution in [0.2, 0.25) is 0 Å². The van der Waals surface area contributed by atoms with Gasteiger partial charge in [-0.1, -0.05) is 26.2 Å². The second-order valence-corrected chi connectivity index (χ2v) is 2.88. The van der Waals surface area contributed by atoms with Gasteiger partial charge in [-0.05, 0) is 6.42 Å². The zero-order valence-electron chi connectivity index (χ0n) is 8.06. The fourth-order valence-corrected chi connectivity index (χ4v) is 0.830. The van der Waals surface area contributed by atoms with Crippen LogP contribution in [0.5, 0.6) is 0 Å². The summed E-state index contributed by atoms with van der Waals surface area (Å²) in [6.45, 7) is 1.96. The number of esters is 1. The number of nitrogens with one attached hydrogen (secondary N) is 1. The third kappa shape index (κ3) is 5.08. The van der Waals surface area contributed by atoms with Gasteiger partial charge in [-0.25, -0.2) is 4.79 Å². The van der Waals surface area contributed by atoms with Gasteiger partial charge in [0.15, 0.2) is 0 Å². The minimum absolute atomic E-state index is 0.0455. The average molecular weight is 211 g/mol. The lowest BCUT2D eigenvalue weighted by Gasteiger charge is -2.12. The number of unbranched alkanes of at least 4 members (excludes halogenated alkanes) is 3. The number of halogens is 2. The minimum Gasteiger partial charge on any atom is -0.460 e. The normalized spacial score (nSPS) is 11.4. The molecule has 0 rings (SSSR count). The van der Waals surface area contributed by atoms with Gasteiger partial charge in [-0.2, -0.15) is 8.78 Å². The lowest BCUT2D eigenvalue weighted by molar-refractivity contribution is -0.194. The van der Waals surface area contributed by atoms with Gasteiger partial charge in [0.2, 0.25) is 0 Å². The summed E-state index contributed by atoms with van der Waals surface area (Å²) in [5.74, 6) is -1.75. The van der Waals surface area contributed by atoms with E-state index < -0.39 is 12.0 Å². The number of hydrogen-bond acceptors (Lipinski definition) is 4. The lowest BCUT2D eigenvalue weighted by atomic mass is 10.2. The number of hydrogen-bond donors (Lipinski definition) is 2. The molecule has 14 heavy (non-hydrogen) atoms. The van der Waals surface area contributed by atoms with E-state index in [9.17, 15) is 13.6 Å². The predicted molar refractivity (Wildman–Crippen MR) is 45.0 cm³/mol. The van der Waals surface area contributed by atoms with E-state index in [-0.39, 0.29) is 6.61 Å². The van der Waals surface area contributed by atoms with E-state index in [1.807, 2.05) is 6.92 Å². The Labute approximate surface area is 81.2 Å². The quantitative estimate of drug-likeness (QED) is 0.291. The molecule has 0 aromatic rings. The van der Waals surface area contributed by atoms with Crippen molar-refractivity contribution in [3.05, 3.63) is 0 Å². The Morgan fingerprint density at radius 2 is 2.07 bits per heavy atom. The van der Waals surface area contributed by atoms with Crippen molar-refractivity contribution < 1.29 is 23.5 Å². The molecule has 0 aliphatic rings. The van der Waals surface area contributed by atoms with Crippen molar-refractivity contribution in [2.45, 2.75) is 38.7 Å². The molecule has 6 heteroatoms. The summed E-state index contributed by atoms with van der Waals surface area (Å²) in [6.07, 6.45) is 3.39. The molecular formula is C8H15F2NO3. The van der Waals surface area contributed by atoms with E-state index in [4.69, 9.17) is 5.21 Å². The molecular weight excluding hydrogens is 196 g/mol. The molecule has 0 saturated carbocycles. The maximum atomic E-state index is 12.3. The molecule has 0 amide bonds. The standard InChI is InChI=1S/C8H15F2NO3/c1-2-3-4-5-6-14-7(12)8(9,10)11-13/h11,13H,2-6H2,1H3. The molecule has 0 aromatic heterocycles. The highest BCUT2D eigenvalue weighted by Crippen LogP contribution is 2.10. The zero-order chi connectivity index (χ0) is 11.0. The van der Waals surface area contributed by atoms with Gasteiger partial charge in [0.1, 0.15) is 0 Å². The Kier molecular flexibility index (Phi) is 6.31. The van der Waals surface area contributed by atoms with E-state index >= 15 is 0 Å². The molecule has 4 nitrogen and oxygen atoms in total. The van der Waals surface area contributed by atoms with Crippen molar-refractivity contribution in [3.8, 4) is 0 Å². The van der Waals surface area contributed by atoms with Crippen molar-refractivity contribution in [1.82, 2.24) is 5.48 Å². The van der Waals surface area contributed by atoms with Crippen LogP contribution in [0.25, 0.3) is 0 Å². The molecule has 0 atom stereocenters. The van der Waals surface area contributed by atoms with Gasteiger partial charge in [0.25, 0.3) is 0 Å². The van der Waals surface area contributed by atoms with E-state index in [1.54, 1.807) is 0 Å². The van der Waals surface area contributed by atoms with Gasteiger partial charge in [-0.3, -0.25) is 0 Å². The molecule has 84 valence electrons. The number of carbonyl (C=O) groups is 1. The zero-order valence-corrected chi connectivity index (χ0v) is 8.06. The van der Waals surface area contributed by atoms with Gasteiger partial charge >= 0.3 is 12.0 Å². The lowest BCUT2D eigenvalue weighted by Crippen LogP contribution is -2.43. The molecule has 0 heterocycles. The number of carbonyl (C=O) groups excluding carboxylic acids is 1. The first-order chi connectivity index (χ1) is 6.54. The molecule has 0 saturated heterocycles. The van der Waals surface area contributed by atoms with E-state index in [2.05, 4.69) is 4.74 Å². The largest absolute Gasteiger partial charge is 0.460 e. The van der Waals surface area contributed by atoms with Crippen molar-refractivity contribution >= 4 is 5.97 Å². The van der Waals surface area contributed by atoms with Crippen LogP contribution in [-0.4, -0.2) is 23.8 Å². The summed E-state index contributed by atoms with van der Waals surface area (Å²) in [4.78, 5) is 10.5. The topological polar surface area (TPSA) is 58.6 Å². The fourth-order valence-electron chi connectivity index (χ4n) is 0.830. The van der Waals surface area contributed by atoms with Crippen LogP contribution in [0.4, 0.5) is 8.78 Å². The van der Waals surface area contributed by atoms with Crippen molar-refractivity contribution in [2.75, 3.05) is 6.61 Å². The summed E-state index contributed by atoms with van der Waals surface area (Å²) in [5, 5.41) is 7.90. The highest BCUT2D eigenvalue weighted by Gasteiger charge is 2.40. The molecule has 0 fully saturated rings. The Hall–Kier alpha value is -0.750. The minimum atomic E-state index is -4.01. The molecule has 2 N–H and O–H groups in total. The van der Waals surface area contributed by atoms with Gasteiger partial charge < -0.3 is 9.94 Å². The Bertz CT molecular complexity index is 176. The van der Waals surface area contributed by atoms with Gasteiger partial charge in [-0.15, -0.1) is 5.48 Å². The third-order valence-corrected chi connectivity index (χ3v) is 1.63. The second-order valence-electron chi connectivity index (χ2n) is 2.88. The smallest absolute Gasteiger partial charge is 0.420 e. The third-order valence-electron chi connectivity index (χ3n) is 1.63. The van der Waals surface area contributed by atoms with Crippen molar-refractivity contribution in [1.29, 1.82) is 0 Å². The molecule has 0 spiro atoms. The maximum absolute atomic E-state index is 12.3. The van der Waals surface area contributed by atoms with E-state index in [0.29, 0.717) is 11.9 Å². The van der Waals surface area contributed by atoms with Gasteiger partial charge in [0, 0.05) is 0 Å². The molecule has 0 aromatic carbocycles.